The number of morpholine rings is 1. The van der Waals surface area contributed by atoms with Crippen LogP contribution < -0.4 is 4.90 Å². The van der Waals surface area contributed by atoms with Crippen molar-refractivity contribution in [3.05, 3.63) is 52.9 Å². The number of fused-ring (bicyclic) bond motifs is 1. The smallest absolute Gasteiger partial charge is 0.254 e. The Morgan fingerprint density at radius 2 is 2.24 bits per heavy atom. The summed E-state index contributed by atoms with van der Waals surface area (Å²) in [5, 5.41) is 5.07. The molecule has 0 amide bonds. The van der Waals surface area contributed by atoms with E-state index in [9.17, 15) is 0 Å². The normalized spacial score (nSPS) is 18.0. The van der Waals surface area contributed by atoms with Crippen LogP contribution in [0.15, 0.2) is 36.7 Å². The summed E-state index contributed by atoms with van der Waals surface area (Å²) in [6.45, 7) is 4.35. The number of nitrogens with zero attached hydrogens (tertiary/aromatic N) is 5. The van der Waals surface area contributed by atoms with Crippen LogP contribution in [0.2, 0.25) is 5.02 Å². The molecule has 1 saturated heterocycles. The highest BCUT2D eigenvalue weighted by Gasteiger charge is 2.24. The van der Waals surface area contributed by atoms with Crippen LogP contribution in [0.1, 0.15) is 30.7 Å². The molecule has 0 bridgehead atoms. The first-order valence-corrected chi connectivity index (χ1v) is 8.94. The fourth-order valence-electron chi connectivity index (χ4n) is 3.22. The fraction of sp³-hybridized carbons (Fsp3) is 0.389. The van der Waals surface area contributed by atoms with Gasteiger partial charge in [0.1, 0.15) is 18.2 Å². The Morgan fingerprint density at radius 1 is 1.32 bits per heavy atom. The average molecular weight is 358 g/mol. The van der Waals surface area contributed by atoms with Gasteiger partial charge in [-0.05, 0) is 24.1 Å². The van der Waals surface area contributed by atoms with Crippen LogP contribution >= 0.6 is 11.6 Å². The van der Waals surface area contributed by atoms with Crippen molar-refractivity contribution in [1.82, 2.24) is 19.6 Å². The van der Waals surface area contributed by atoms with Crippen LogP contribution in [0.25, 0.3) is 5.78 Å². The van der Waals surface area contributed by atoms with Crippen molar-refractivity contribution in [1.29, 1.82) is 0 Å². The van der Waals surface area contributed by atoms with Gasteiger partial charge in [-0.25, -0.2) is 4.98 Å². The molecule has 6 nitrogen and oxygen atoms in total. The first-order valence-electron chi connectivity index (χ1n) is 8.56. The summed E-state index contributed by atoms with van der Waals surface area (Å²) in [6.07, 6.45) is 3.51. The summed E-state index contributed by atoms with van der Waals surface area (Å²) in [4.78, 5) is 11.1. The van der Waals surface area contributed by atoms with Crippen LogP contribution in [0.5, 0.6) is 0 Å². The van der Waals surface area contributed by atoms with Crippen molar-refractivity contribution < 1.29 is 4.74 Å². The molecule has 25 heavy (non-hydrogen) atoms. The van der Waals surface area contributed by atoms with E-state index in [2.05, 4.69) is 39.0 Å². The number of aromatic nitrogens is 4. The van der Waals surface area contributed by atoms with E-state index >= 15 is 0 Å². The van der Waals surface area contributed by atoms with Crippen LogP contribution in [0.3, 0.4) is 0 Å². The third-order valence-corrected chi connectivity index (χ3v) is 4.64. The molecule has 0 saturated carbocycles. The summed E-state index contributed by atoms with van der Waals surface area (Å²) in [5.74, 6) is 1.66. The maximum absolute atomic E-state index is 6.14. The number of anilines is 1. The van der Waals surface area contributed by atoms with Crippen molar-refractivity contribution in [2.24, 2.45) is 0 Å². The van der Waals surface area contributed by atoms with Gasteiger partial charge in [0.15, 0.2) is 0 Å². The summed E-state index contributed by atoms with van der Waals surface area (Å²) >= 11 is 6.14. The van der Waals surface area contributed by atoms with Gasteiger partial charge in [0.05, 0.1) is 6.61 Å². The Bertz CT molecular complexity index is 881. The molecule has 3 aromatic rings. The number of aryl methyl sites for hydroxylation is 1. The monoisotopic (exact) mass is 357 g/mol. The lowest BCUT2D eigenvalue weighted by Gasteiger charge is -2.34. The predicted octanol–water partition coefficient (Wildman–Crippen LogP) is 3.31. The second kappa shape index (κ2) is 6.98. The fourth-order valence-corrected chi connectivity index (χ4v) is 3.42. The van der Waals surface area contributed by atoms with Crippen LogP contribution in [-0.4, -0.2) is 39.3 Å². The van der Waals surface area contributed by atoms with Gasteiger partial charge in [0.2, 0.25) is 0 Å². The molecule has 1 unspecified atom stereocenters. The molecular formula is C18H20ClN5O. The molecule has 3 heterocycles. The molecule has 1 aliphatic heterocycles. The Kier molecular flexibility index (Phi) is 4.55. The second-order valence-corrected chi connectivity index (χ2v) is 6.62. The van der Waals surface area contributed by atoms with Crippen LogP contribution in [-0.2, 0) is 11.2 Å². The van der Waals surface area contributed by atoms with Crippen LogP contribution in [0.4, 0.5) is 5.82 Å². The van der Waals surface area contributed by atoms with Gasteiger partial charge >= 0.3 is 0 Å². The number of hydrogen-bond donors (Lipinski definition) is 0. The van der Waals surface area contributed by atoms with Crippen molar-refractivity contribution in [3.63, 3.8) is 0 Å². The lowest BCUT2D eigenvalue weighted by atomic mass is 10.1. The molecule has 0 spiro atoms. The molecule has 1 aromatic carbocycles. The third-order valence-electron chi connectivity index (χ3n) is 4.40. The zero-order valence-electron chi connectivity index (χ0n) is 14.1. The Balaban J connectivity index is 1.67. The zero-order chi connectivity index (χ0) is 17.2. The molecule has 1 aliphatic rings. The van der Waals surface area contributed by atoms with Crippen molar-refractivity contribution >= 4 is 23.2 Å². The lowest BCUT2D eigenvalue weighted by molar-refractivity contribution is 0.0394. The molecule has 2 aromatic heterocycles. The molecule has 4 rings (SSSR count). The van der Waals surface area contributed by atoms with E-state index in [0.29, 0.717) is 12.4 Å². The summed E-state index contributed by atoms with van der Waals surface area (Å²) in [5.41, 5.74) is 2.14. The predicted molar refractivity (Wildman–Crippen MR) is 97.1 cm³/mol. The van der Waals surface area contributed by atoms with E-state index in [1.807, 2.05) is 18.2 Å². The van der Waals surface area contributed by atoms with Crippen molar-refractivity contribution in [2.45, 2.75) is 25.9 Å². The number of hydrogen-bond acceptors (Lipinski definition) is 5. The van der Waals surface area contributed by atoms with Crippen molar-refractivity contribution in [3.8, 4) is 0 Å². The van der Waals surface area contributed by atoms with Crippen molar-refractivity contribution in [2.75, 3.05) is 24.6 Å². The van der Waals surface area contributed by atoms with Gasteiger partial charge in [0.25, 0.3) is 5.78 Å². The molecule has 1 atom stereocenters. The largest absolute Gasteiger partial charge is 0.370 e. The minimum Gasteiger partial charge on any atom is -0.370 e. The van der Waals surface area contributed by atoms with Crippen LogP contribution in [0, 0.1) is 0 Å². The first-order chi connectivity index (χ1) is 12.2. The number of rotatable bonds is 4. The molecule has 0 aliphatic carbocycles. The molecule has 0 radical (unpaired) electrons. The summed E-state index contributed by atoms with van der Waals surface area (Å²) in [6, 6.07) is 9.98. The molecular weight excluding hydrogens is 338 g/mol. The highest BCUT2D eigenvalue weighted by molar-refractivity contribution is 6.30. The van der Waals surface area contributed by atoms with Gasteiger partial charge in [-0.15, -0.1) is 0 Å². The second-order valence-electron chi connectivity index (χ2n) is 6.19. The lowest BCUT2D eigenvalue weighted by Crippen LogP contribution is -2.39. The third kappa shape index (κ3) is 3.32. The summed E-state index contributed by atoms with van der Waals surface area (Å²) in [7, 11) is 0. The first kappa shape index (κ1) is 16.3. The van der Waals surface area contributed by atoms with Gasteiger partial charge < -0.3 is 9.64 Å². The maximum atomic E-state index is 6.14. The van der Waals surface area contributed by atoms with E-state index in [1.54, 1.807) is 10.8 Å². The Labute approximate surface area is 151 Å². The molecule has 130 valence electrons. The number of ether oxygens (including phenoxy) is 1. The zero-order valence-corrected chi connectivity index (χ0v) is 14.9. The quantitative estimate of drug-likeness (QED) is 0.717. The minimum absolute atomic E-state index is 0.0196. The molecule has 7 heteroatoms. The highest BCUT2D eigenvalue weighted by atomic mass is 35.5. The minimum atomic E-state index is -0.0196. The number of halogens is 1. The molecule has 0 N–H and O–H groups in total. The summed E-state index contributed by atoms with van der Waals surface area (Å²) < 4.78 is 7.79. The van der Waals surface area contributed by atoms with Gasteiger partial charge in [-0.3, -0.25) is 0 Å². The van der Waals surface area contributed by atoms with E-state index in [0.717, 1.165) is 48.0 Å². The van der Waals surface area contributed by atoms with Gasteiger partial charge in [-0.1, -0.05) is 37.1 Å². The topological polar surface area (TPSA) is 55.6 Å². The van der Waals surface area contributed by atoms with Gasteiger partial charge in [0, 0.05) is 29.9 Å². The highest BCUT2D eigenvalue weighted by Crippen LogP contribution is 2.28. The Morgan fingerprint density at radius 3 is 3.08 bits per heavy atom. The standard InChI is InChI=1S/C18H20ClN5O/c1-2-4-15-10-17(24-18(22-15)20-12-21-24)23-7-8-25-16(11-23)13-5-3-6-14(19)9-13/h3,5-6,9-10,12,16H,2,4,7-8,11H2,1H3. The maximum Gasteiger partial charge on any atom is 0.254 e. The Hall–Kier alpha value is -2.18. The SMILES string of the molecule is CCCc1cc(N2CCOC(c3cccc(Cl)c3)C2)n2ncnc2n1. The van der Waals surface area contributed by atoms with Gasteiger partial charge in [-0.2, -0.15) is 14.6 Å². The van der Waals surface area contributed by atoms with E-state index in [4.69, 9.17) is 16.3 Å². The van der Waals surface area contributed by atoms with E-state index < -0.39 is 0 Å². The van der Waals surface area contributed by atoms with E-state index in [1.165, 1.54) is 0 Å². The van der Waals surface area contributed by atoms with E-state index in [-0.39, 0.29) is 6.10 Å². The average Bonchev–Trinajstić information content (AvgIpc) is 3.10. The molecule has 1 fully saturated rings. The number of benzene rings is 1.